The number of aryl methyl sites for hydroxylation is 2. The first-order valence-corrected chi connectivity index (χ1v) is 12.0. The Bertz CT molecular complexity index is 1540. The van der Waals surface area contributed by atoms with Crippen molar-refractivity contribution in [3.8, 4) is 0 Å². The van der Waals surface area contributed by atoms with Crippen LogP contribution in [0, 0.1) is 13.8 Å². The molecule has 4 aromatic rings. The van der Waals surface area contributed by atoms with E-state index in [1.54, 1.807) is 36.4 Å². The predicted octanol–water partition coefficient (Wildman–Crippen LogP) is 4.59. The fourth-order valence-corrected chi connectivity index (χ4v) is 4.79. The van der Waals surface area contributed by atoms with E-state index >= 15 is 0 Å². The zero-order valence-electron chi connectivity index (χ0n) is 18.9. The van der Waals surface area contributed by atoms with Gasteiger partial charge in [0.2, 0.25) is 0 Å². The molecule has 4 rings (SSSR count). The molecule has 0 N–H and O–H groups in total. The summed E-state index contributed by atoms with van der Waals surface area (Å²) in [6.07, 6.45) is 0. The van der Waals surface area contributed by atoms with Crippen LogP contribution < -0.4 is 9.93 Å². The van der Waals surface area contributed by atoms with Crippen LogP contribution >= 0.6 is 0 Å². The summed E-state index contributed by atoms with van der Waals surface area (Å²) < 4.78 is 38.0. The van der Waals surface area contributed by atoms with Gasteiger partial charge in [-0.2, -0.15) is 0 Å². The van der Waals surface area contributed by atoms with Gasteiger partial charge in [-0.3, -0.25) is 4.31 Å². The summed E-state index contributed by atoms with van der Waals surface area (Å²) in [6, 6.07) is 19.3. The van der Waals surface area contributed by atoms with E-state index in [-0.39, 0.29) is 17.1 Å². The number of fused-ring (bicyclic) bond motifs is 1. The van der Waals surface area contributed by atoms with Gasteiger partial charge < -0.3 is 9.15 Å². The largest absolute Gasteiger partial charge is 0.457 e. The smallest absolute Gasteiger partial charge is 0.338 e. The first-order chi connectivity index (χ1) is 16.2. The minimum atomic E-state index is -3.89. The third kappa shape index (κ3) is 4.58. The zero-order chi connectivity index (χ0) is 24.5. The molecule has 0 aliphatic rings. The van der Waals surface area contributed by atoms with Gasteiger partial charge in [0.1, 0.15) is 12.2 Å². The molecule has 0 aliphatic heterocycles. The van der Waals surface area contributed by atoms with Gasteiger partial charge in [-0.15, -0.1) is 0 Å². The van der Waals surface area contributed by atoms with Crippen molar-refractivity contribution in [2.24, 2.45) is 0 Å². The van der Waals surface area contributed by atoms with Crippen molar-refractivity contribution < 1.29 is 22.4 Å². The van der Waals surface area contributed by atoms with E-state index in [1.807, 2.05) is 19.9 Å². The lowest BCUT2D eigenvalue weighted by molar-refractivity contribution is 0.0473. The number of benzene rings is 3. The summed E-state index contributed by atoms with van der Waals surface area (Å²) in [5.41, 5.74) is 2.95. The molecule has 0 bridgehead atoms. The molecule has 0 unspecified atom stereocenters. The molecule has 174 valence electrons. The molecule has 0 radical (unpaired) electrons. The van der Waals surface area contributed by atoms with Gasteiger partial charge in [0.05, 0.1) is 16.1 Å². The van der Waals surface area contributed by atoms with Crippen molar-refractivity contribution in [3.63, 3.8) is 0 Å². The molecular formula is C26H23NO6S. The number of hydrogen-bond donors (Lipinski definition) is 0. The maximum absolute atomic E-state index is 13.1. The van der Waals surface area contributed by atoms with Crippen molar-refractivity contribution in [3.05, 3.63) is 105 Å². The maximum Gasteiger partial charge on any atom is 0.338 e. The maximum atomic E-state index is 13.1. The Labute approximate surface area is 197 Å². The Morgan fingerprint density at radius 1 is 0.941 bits per heavy atom. The predicted molar refractivity (Wildman–Crippen MR) is 130 cm³/mol. The molecule has 1 aromatic heterocycles. The summed E-state index contributed by atoms with van der Waals surface area (Å²) in [4.78, 5) is 24.7. The Kier molecular flexibility index (Phi) is 6.26. The summed E-state index contributed by atoms with van der Waals surface area (Å²) >= 11 is 0. The molecule has 34 heavy (non-hydrogen) atoms. The lowest BCUT2D eigenvalue weighted by Gasteiger charge is -2.19. The monoisotopic (exact) mass is 477 g/mol. The molecule has 0 saturated heterocycles. The molecule has 1 heterocycles. The molecule has 0 atom stereocenters. The topological polar surface area (TPSA) is 93.9 Å². The normalized spacial score (nSPS) is 11.4. The third-order valence-corrected chi connectivity index (χ3v) is 7.43. The van der Waals surface area contributed by atoms with Crippen LogP contribution in [0.25, 0.3) is 11.0 Å². The van der Waals surface area contributed by atoms with Crippen LogP contribution in [0.4, 0.5) is 5.69 Å². The first kappa shape index (κ1) is 23.3. The molecule has 8 heteroatoms. The second kappa shape index (κ2) is 9.15. The number of anilines is 1. The molecule has 0 fully saturated rings. The SMILES string of the molecule is Cc1cc2oc(=O)cc(COC(=O)c3cccc(S(=O)(=O)N(C)c4ccccc4)c3)c2cc1C. The summed E-state index contributed by atoms with van der Waals surface area (Å²) in [5, 5.41) is 0.677. The Hall–Kier alpha value is -3.91. The molecule has 0 spiro atoms. The highest BCUT2D eigenvalue weighted by Crippen LogP contribution is 2.24. The number of sulfonamides is 1. The van der Waals surface area contributed by atoms with E-state index in [4.69, 9.17) is 9.15 Å². The van der Waals surface area contributed by atoms with Gasteiger partial charge in [0, 0.05) is 24.1 Å². The van der Waals surface area contributed by atoms with Gasteiger partial charge in [-0.25, -0.2) is 18.0 Å². The number of para-hydroxylation sites is 1. The average Bonchev–Trinajstić information content (AvgIpc) is 2.83. The van der Waals surface area contributed by atoms with E-state index in [9.17, 15) is 18.0 Å². The van der Waals surface area contributed by atoms with Crippen LogP contribution in [0.5, 0.6) is 0 Å². The molecule has 0 amide bonds. The zero-order valence-corrected chi connectivity index (χ0v) is 19.8. The molecule has 0 aliphatic carbocycles. The van der Waals surface area contributed by atoms with Crippen LogP contribution in [-0.2, 0) is 21.4 Å². The van der Waals surface area contributed by atoms with Crippen LogP contribution in [0.3, 0.4) is 0 Å². The number of nitrogens with zero attached hydrogens (tertiary/aromatic N) is 1. The van der Waals surface area contributed by atoms with Crippen molar-refractivity contribution in [1.82, 2.24) is 0 Å². The van der Waals surface area contributed by atoms with Gasteiger partial charge in [-0.1, -0.05) is 24.3 Å². The lowest BCUT2D eigenvalue weighted by atomic mass is 10.0. The second-order valence-corrected chi connectivity index (χ2v) is 9.90. The van der Waals surface area contributed by atoms with Gasteiger partial charge >= 0.3 is 11.6 Å². The van der Waals surface area contributed by atoms with Crippen molar-refractivity contribution in [1.29, 1.82) is 0 Å². The van der Waals surface area contributed by atoms with Crippen molar-refractivity contribution in [2.45, 2.75) is 25.3 Å². The second-order valence-electron chi connectivity index (χ2n) is 7.94. The Morgan fingerprint density at radius 3 is 2.38 bits per heavy atom. The Balaban J connectivity index is 1.58. The Morgan fingerprint density at radius 2 is 1.65 bits per heavy atom. The number of hydrogen-bond acceptors (Lipinski definition) is 6. The van der Waals surface area contributed by atoms with Crippen molar-refractivity contribution >= 4 is 32.6 Å². The van der Waals surface area contributed by atoms with Crippen LogP contribution in [0.1, 0.15) is 27.0 Å². The van der Waals surface area contributed by atoms with E-state index in [0.29, 0.717) is 22.2 Å². The number of esters is 1. The quantitative estimate of drug-likeness (QED) is 0.298. The summed E-state index contributed by atoms with van der Waals surface area (Å²) in [6.45, 7) is 3.69. The van der Waals surface area contributed by atoms with Gasteiger partial charge in [0.15, 0.2) is 0 Å². The highest BCUT2D eigenvalue weighted by Gasteiger charge is 2.23. The van der Waals surface area contributed by atoms with Crippen LogP contribution in [0.2, 0.25) is 0 Å². The fraction of sp³-hybridized carbons (Fsp3) is 0.154. The molecule has 3 aromatic carbocycles. The number of rotatable bonds is 6. The highest BCUT2D eigenvalue weighted by atomic mass is 32.2. The van der Waals surface area contributed by atoms with Crippen LogP contribution in [-0.4, -0.2) is 21.4 Å². The van der Waals surface area contributed by atoms with Crippen LogP contribution in [0.15, 0.2) is 86.9 Å². The first-order valence-electron chi connectivity index (χ1n) is 10.5. The fourth-order valence-electron chi connectivity index (χ4n) is 3.55. The molecular weight excluding hydrogens is 454 g/mol. The highest BCUT2D eigenvalue weighted by molar-refractivity contribution is 7.92. The van der Waals surface area contributed by atoms with Gasteiger partial charge in [0.25, 0.3) is 10.0 Å². The van der Waals surface area contributed by atoms with E-state index in [2.05, 4.69) is 0 Å². The van der Waals surface area contributed by atoms with E-state index in [1.165, 1.54) is 37.4 Å². The molecule has 7 nitrogen and oxygen atoms in total. The minimum Gasteiger partial charge on any atom is -0.457 e. The number of ether oxygens (including phenoxy) is 1. The third-order valence-electron chi connectivity index (χ3n) is 5.65. The van der Waals surface area contributed by atoms with E-state index in [0.717, 1.165) is 15.4 Å². The summed E-state index contributed by atoms with van der Waals surface area (Å²) in [5.74, 6) is -0.704. The number of carbonyl (C=O) groups is 1. The molecule has 0 saturated carbocycles. The number of carbonyl (C=O) groups excluding carboxylic acids is 1. The summed E-state index contributed by atoms with van der Waals surface area (Å²) in [7, 11) is -2.44. The van der Waals surface area contributed by atoms with Gasteiger partial charge in [-0.05, 0) is 67.4 Å². The average molecular weight is 478 g/mol. The standard InChI is InChI=1S/C26H23NO6S/c1-17-12-23-20(15-25(28)33-24(23)13-18(17)2)16-32-26(29)19-8-7-11-22(14-19)34(30,31)27(3)21-9-5-4-6-10-21/h4-15H,16H2,1-3H3. The lowest BCUT2D eigenvalue weighted by Crippen LogP contribution is -2.26. The minimum absolute atomic E-state index is 0.0368. The van der Waals surface area contributed by atoms with Crippen molar-refractivity contribution in [2.75, 3.05) is 11.4 Å². The van der Waals surface area contributed by atoms with E-state index < -0.39 is 21.6 Å².